The zero-order chi connectivity index (χ0) is 12.5. The van der Waals surface area contributed by atoms with Crippen LogP contribution < -0.4 is 5.32 Å². The van der Waals surface area contributed by atoms with E-state index in [9.17, 15) is 13.2 Å². The minimum absolute atomic E-state index is 0.236. The van der Waals surface area contributed by atoms with E-state index in [1.54, 1.807) is 6.07 Å². The van der Waals surface area contributed by atoms with E-state index < -0.39 is 11.7 Å². The summed E-state index contributed by atoms with van der Waals surface area (Å²) < 4.78 is 37.9. The van der Waals surface area contributed by atoms with Gasteiger partial charge in [-0.3, -0.25) is 0 Å². The maximum Gasteiger partial charge on any atom is 0.417 e. The van der Waals surface area contributed by atoms with Crippen LogP contribution in [0.3, 0.4) is 0 Å². The predicted molar refractivity (Wildman–Crippen MR) is 61.2 cm³/mol. The van der Waals surface area contributed by atoms with Gasteiger partial charge in [-0.2, -0.15) is 13.2 Å². The normalized spacial score (nSPS) is 20.8. The van der Waals surface area contributed by atoms with Gasteiger partial charge in [0.15, 0.2) is 0 Å². The van der Waals surface area contributed by atoms with Crippen LogP contribution in [0.2, 0.25) is 5.02 Å². The third kappa shape index (κ3) is 3.13. The van der Waals surface area contributed by atoms with Crippen LogP contribution in [-0.2, 0) is 12.6 Å². The van der Waals surface area contributed by atoms with Gasteiger partial charge in [0.2, 0.25) is 0 Å². The summed E-state index contributed by atoms with van der Waals surface area (Å²) in [6, 6.07) is 4.44. The fraction of sp³-hybridized carbons (Fsp3) is 0.500. The molecule has 1 unspecified atom stereocenters. The number of hydrogen-bond acceptors (Lipinski definition) is 1. The van der Waals surface area contributed by atoms with Crippen LogP contribution in [0.1, 0.15) is 24.0 Å². The Morgan fingerprint density at radius 3 is 2.71 bits per heavy atom. The fourth-order valence-electron chi connectivity index (χ4n) is 2.13. The molecule has 1 saturated heterocycles. The van der Waals surface area contributed by atoms with Crippen LogP contribution in [0, 0.1) is 0 Å². The molecule has 1 atom stereocenters. The predicted octanol–water partition coefficient (Wildman–Crippen LogP) is 3.65. The molecule has 1 fully saturated rings. The molecule has 0 saturated carbocycles. The van der Waals surface area contributed by atoms with Gasteiger partial charge in [0.1, 0.15) is 0 Å². The molecule has 1 aromatic rings. The summed E-state index contributed by atoms with van der Waals surface area (Å²) in [6.45, 7) is 0.949. The van der Waals surface area contributed by atoms with Crippen molar-refractivity contribution in [1.29, 1.82) is 0 Å². The SMILES string of the molecule is FC(F)(F)c1cc(CC2CCCN2)ccc1Cl. The first-order valence-corrected chi connectivity index (χ1v) is 5.93. The Morgan fingerprint density at radius 1 is 1.35 bits per heavy atom. The van der Waals surface area contributed by atoms with E-state index in [1.807, 2.05) is 0 Å². The van der Waals surface area contributed by atoms with Gasteiger partial charge in [-0.25, -0.2) is 0 Å². The average Bonchev–Trinajstić information content (AvgIpc) is 2.72. The Bertz CT molecular complexity index is 397. The number of alkyl halides is 3. The molecular formula is C12H13ClF3N. The molecule has 5 heteroatoms. The lowest BCUT2D eigenvalue weighted by Gasteiger charge is -2.13. The second kappa shape index (κ2) is 4.86. The fourth-order valence-corrected chi connectivity index (χ4v) is 2.36. The summed E-state index contributed by atoms with van der Waals surface area (Å²) >= 11 is 5.56. The third-order valence-corrected chi connectivity index (χ3v) is 3.31. The maximum absolute atomic E-state index is 12.6. The molecule has 17 heavy (non-hydrogen) atoms. The summed E-state index contributed by atoms with van der Waals surface area (Å²) in [4.78, 5) is 0. The highest BCUT2D eigenvalue weighted by Gasteiger charge is 2.33. The third-order valence-electron chi connectivity index (χ3n) is 2.98. The van der Waals surface area contributed by atoms with Gasteiger partial charge in [-0.15, -0.1) is 0 Å². The van der Waals surface area contributed by atoms with Gasteiger partial charge in [-0.1, -0.05) is 17.7 Å². The van der Waals surface area contributed by atoms with Gasteiger partial charge >= 0.3 is 6.18 Å². The van der Waals surface area contributed by atoms with Crippen LogP contribution in [0.15, 0.2) is 18.2 Å². The smallest absolute Gasteiger partial charge is 0.314 e. The van der Waals surface area contributed by atoms with Crippen LogP contribution in [0.5, 0.6) is 0 Å². The van der Waals surface area contributed by atoms with Crippen molar-refractivity contribution in [3.05, 3.63) is 34.3 Å². The molecule has 0 aliphatic carbocycles. The Balaban J connectivity index is 2.18. The van der Waals surface area contributed by atoms with Crippen LogP contribution in [-0.4, -0.2) is 12.6 Å². The lowest BCUT2D eigenvalue weighted by atomic mass is 10.0. The standard InChI is InChI=1S/C12H13ClF3N/c13-11-4-3-8(6-9-2-1-5-17-9)7-10(11)12(14,15)16/h3-4,7,9,17H,1-2,5-6H2. The zero-order valence-corrected chi connectivity index (χ0v) is 9.91. The minimum Gasteiger partial charge on any atom is -0.314 e. The molecular weight excluding hydrogens is 251 g/mol. The number of halogens is 4. The monoisotopic (exact) mass is 263 g/mol. The van der Waals surface area contributed by atoms with Gasteiger partial charge in [0.05, 0.1) is 10.6 Å². The Kier molecular flexibility index (Phi) is 3.64. The zero-order valence-electron chi connectivity index (χ0n) is 9.15. The maximum atomic E-state index is 12.6. The molecule has 1 nitrogen and oxygen atoms in total. The number of nitrogens with one attached hydrogen (secondary N) is 1. The Morgan fingerprint density at radius 2 is 2.12 bits per heavy atom. The van der Waals surface area contributed by atoms with Crippen molar-refractivity contribution in [1.82, 2.24) is 5.32 Å². The molecule has 1 N–H and O–H groups in total. The van der Waals surface area contributed by atoms with E-state index in [1.165, 1.54) is 6.07 Å². The topological polar surface area (TPSA) is 12.0 Å². The summed E-state index contributed by atoms with van der Waals surface area (Å²) in [6.07, 6.45) is -1.65. The molecule has 0 bridgehead atoms. The quantitative estimate of drug-likeness (QED) is 0.859. The van der Waals surface area contributed by atoms with Crippen molar-refractivity contribution in [3.63, 3.8) is 0 Å². The summed E-state index contributed by atoms with van der Waals surface area (Å²) in [5.74, 6) is 0. The van der Waals surface area contributed by atoms with Gasteiger partial charge in [0.25, 0.3) is 0 Å². The molecule has 0 amide bonds. The molecule has 2 rings (SSSR count). The minimum atomic E-state index is -4.38. The molecule has 1 heterocycles. The summed E-state index contributed by atoms with van der Waals surface area (Å²) in [7, 11) is 0. The van der Waals surface area contributed by atoms with E-state index >= 15 is 0 Å². The van der Waals surface area contributed by atoms with E-state index in [-0.39, 0.29) is 11.1 Å². The Labute approximate surface area is 103 Å². The van der Waals surface area contributed by atoms with Crippen LogP contribution in [0.25, 0.3) is 0 Å². The van der Waals surface area contributed by atoms with Gasteiger partial charge < -0.3 is 5.32 Å². The molecule has 0 spiro atoms. The van der Waals surface area contributed by atoms with Crippen molar-refractivity contribution in [2.75, 3.05) is 6.54 Å². The van der Waals surface area contributed by atoms with Crippen LogP contribution >= 0.6 is 11.6 Å². The molecule has 1 aliphatic heterocycles. The second-order valence-corrected chi connectivity index (χ2v) is 4.72. The van der Waals surface area contributed by atoms with E-state index in [2.05, 4.69) is 5.32 Å². The van der Waals surface area contributed by atoms with Crippen molar-refractivity contribution >= 4 is 11.6 Å². The number of benzene rings is 1. The highest BCUT2D eigenvalue weighted by atomic mass is 35.5. The van der Waals surface area contributed by atoms with E-state index in [0.29, 0.717) is 12.0 Å². The average molecular weight is 264 g/mol. The lowest BCUT2D eigenvalue weighted by molar-refractivity contribution is -0.137. The molecule has 1 aromatic carbocycles. The first-order chi connectivity index (χ1) is 7.97. The Hall–Kier alpha value is -0.740. The van der Waals surface area contributed by atoms with Gasteiger partial charge in [0, 0.05) is 6.04 Å². The van der Waals surface area contributed by atoms with E-state index in [0.717, 1.165) is 25.5 Å². The molecule has 0 radical (unpaired) electrons. The summed E-state index contributed by atoms with van der Waals surface area (Å²) in [5, 5.41) is 3.03. The highest BCUT2D eigenvalue weighted by molar-refractivity contribution is 6.31. The highest BCUT2D eigenvalue weighted by Crippen LogP contribution is 2.35. The van der Waals surface area contributed by atoms with Crippen molar-refractivity contribution in [3.8, 4) is 0 Å². The summed E-state index contributed by atoms with van der Waals surface area (Å²) in [5.41, 5.74) is -0.0595. The first kappa shape index (κ1) is 12.7. The molecule has 1 aliphatic rings. The lowest BCUT2D eigenvalue weighted by Crippen LogP contribution is -2.23. The van der Waals surface area contributed by atoms with Crippen molar-refractivity contribution < 1.29 is 13.2 Å². The van der Waals surface area contributed by atoms with Crippen LogP contribution in [0.4, 0.5) is 13.2 Å². The van der Waals surface area contributed by atoms with Crippen molar-refractivity contribution in [2.24, 2.45) is 0 Å². The van der Waals surface area contributed by atoms with Gasteiger partial charge in [-0.05, 0) is 43.5 Å². The van der Waals surface area contributed by atoms with Crippen molar-refractivity contribution in [2.45, 2.75) is 31.5 Å². The number of hydrogen-bond donors (Lipinski definition) is 1. The molecule has 94 valence electrons. The second-order valence-electron chi connectivity index (χ2n) is 4.31. The molecule has 0 aromatic heterocycles. The van der Waals surface area contributed by atoms with E-state index in [4.69, 9.17) is 11.6 Å². The largest absolute Gasteiger partial charge is 0.417 e. The number of rotatable bonds is 2. The first-order valence-electron chi connectivity index (χ1n) is 5.56.